The summed E-state index contributed by atoms with van der Waals surface area (Å²) in [5.74, 6) is 0.788. The molecule has 5 heteroatoms. The molecule has 0 bridgehead atoms. The van der Waals surface area contributed by atoms with E-state index in [1.165, 1.54) is 4.90 Å². The van der Waals surface area contributed by atoms with E-state index in [-0.39, 0.29) is 5.63 Å². The molecule has 2 aromatic heterocycles. The highest BCUT2D eigenvalue weighted by molar-refractivity contribution is 5.95. The van der Waals surface area contributed by atoms with Crippen LogP contribution in [0.5, 0.6) is 5.75 Å². The van der Waals surface area contributed by atoms with E-state index in [1.54, 1.807) is 12.3 Å². The number of hydrogen-bond acceptors (Lipinski definition) is 4. The number of pyridine rings is 1. The molecule has 1 unspecified atom stereocenters. The van der Waals surface area contributed by atoms with Gasteiger partial charge in [-0.15, -0.1) is 0 Å². The lowest BCUT2D eigenvalue weighted by molar-refractivity contribution is -0.945. The van der Waals surface area contributed by atoms with Gasteiger partial charge in [-0.3, -0.25) is 9.88 Å². The molecule has 0 fully saturated rings. The Morgan fingerprint density at radius 1 is 1.04 bits per heavy atom. The molecule has 0 amide bonds. The fourth-order valence-electron chi connectivity index (χ4n) is 3.81. The number of nitrogens with zero attached hydrogens (tertiary/aromatic N) is 1. The van der Waals surface area contributed by atoms with Gasteiger partial charge in [-0.05, 0) is 29.3 Å². The first-order valence-electron chi connectivity index (χ1n) is 9.28. The highest BCUT2D eigenvalue weighted by atomic mass is 16.5. The molecule has 0 saturated heterocycles. The van der Waals surface area contributed by atoms with Crippen molar-refractivity contribution in [2.75, 3.05) is 6.73 Å². The number of rotatable bonds is 3. The van der Waals surface area contributed by atoms with Crippen LogP contribution in [0.15, 0.2) is 82.3 Å². The predicted molar refractivity (Wildman–Crippen MR) is 106 cm³/mol. The Balaban J connectivity index is 1.59. The molecule has 138 valence electrons. The Labute approximate surface area is 161 Å². The molecule has 3 heterocycles. The number of aromatic nitrogens is 1. The molecular weight excluding hydrogens is 352 g/mol. The second-order valence-corrected chi connectivity index (χ2v) is 7.02. The molecule has 2 aromatic carbocycles. The first kappa shape index (κ1) is 16.7. The van der Waals surface area contributed by atoms with Crippen LogP contribution in [-0.4, -0.2) is 11.7 Å². The molecule has 0 spiro atoms. The SMILES string of the molecule is O=c1cc(-c2ccccc2)c2ccc3c(c2o1)C[NH+](Cc1cccnc1)CO3. The molecule has 4 aromatic rings. The largest absolute Gasteiger partial charge is 0.445 e. The zero-order valence-electron chi connectivity index (χ0n) is 15.2. The van der Waals surface area contributed by atoms with Gasteiger partial charge in [0.15, 0.2) is 5.58 Å². The third kappa shape index (κ3) is 3.06. The minimum absolute atomic E-state index is 0.348. The average Bonchev–Trinajstić information content (AvgIpc) is 2.74. The smallest absolute Gasteiger partial charge is 0.336 e. The minimum atomic E-state index is -0.348. The maximum Gasteiger partial charge on any atom is 0.336 e. The van der Waals surface area contributed by atoms with Gasteiger partial charge in [-0.1, -0.05) is 36.4 Å². The van der Waals surface area contributed by atoms with Crippen molar-refractivity contribution in [2.24, 2.45) is 0 Å². The molecule has 28 heavy (non-hydrogen) atoms. The topological polar surface area (TPSA) is 56.8 Å². The van der Waals surface area contributed by atoms with E-state index in [0.29, 0.717) is 12.3 Å². The lowest BCUT2D eigenvalue weighted by Gasteiger charge is -2.26. The Morgan fingerprint density at radius 2 is 1.93 bits per heavy atom. The number of quaternary nitrogens is 1. The summed E-state index contributed by atoms with van der Waals surface area (Å²) in [5.41, 5.74) is 4.24. The standard InChI is InChI=1S/C23H18N2O3/c26-22-11-19(17-6-2-1-3-7-17)18-8-9-21-20(23(18)28-22)14-25(15-27-21)13-16-5-4-10-24-12-16/h1-12H,13-15H2/p+1. The van der Waals surface area contributed by atoms with Gasteiger partial charge in [0.2, 0.25) is 6.73 Å². The van der Waals surface area contributed by atoms with Gasteiger partial charge < -0.3 is 9.15 Å². The van der Waals surface area contributed by atoms with Gasteiger partial charge in [0.05, 0.1) is 5.56 Å². The lowest BCUT2D eigenvalue weighted by Crippen LogP contribution is -3.10. The van der Waals surface area contributed by atoms with Gasteiger partial charge in [-0.25, -0.2) is 4.79 Å². The van der Waals surface area contributed by atoms with Crippen LogP contribution in [0.2, 0.25) is 0 Å². The number of benzene rings is 2. The number of hydrogen-bond donors (Lipinski definition) is 1. The van der Waals surface area contributed by atoms with Crippen LogP contribution in [0.4, 0.5) is 0 Å². The summed E-state index contributed by atoms with van der Waals surface area (Å²) in [5, 5.41) is 0.927. The highest BCUT2D eigenvalue weighted by Gasteiger charge is 2.25. The molecule has 1 atom stereocenters. The van der Waals surface area contributed by atoms with E-state index in [9.17, 15) is 4.79 Å². The second-order valence-electron chi connectivity index (χ2n) is 7.02. The van der Waals surface area contributed by atoms with Gasteiger partial charge in [0, 0.05) is 29.4 Å². The van der Waals surface area contributed by atoms with Crippen molar-refractivity contribution in [3.63, 3.8) is 0 Å². The van der Waals surface area contributed by atoms with Crippen LogP contribution in [0.25, 0.3) is 22.1 Å². The first-order chi connectivity index (χ1) is 13.8. The van der Waals surface area contributed by atoms with Crippen LogP contribution in [0, 0.1) is 0 Å². The fourth-order valence-corrected chi connectivity index (χ4v) is 3.81. The molecule has 0 aliphatic carbocycles. The molecule has 0 radical (unpaired) electrons. The summed E-state index contributed by atoms with van der Waals surface area (Å²) < 4.78 is 11.6. The van der Waals surface area contributed by atoms with E-state index in [0.717, 1.165) is 46.5 Å². The van der Waals surface area contributed by atoms with Crippen LogP contribution >= 0.6 is 0 Å². The second kappa shape index (κ2) is 6.94. The lowest BCUT2D eigenvalue weighted by atomic mass is 9.99. The average molecular weight is 371 g/mol. The van der Waals surface area contributed by atoms with Gasteiger partial charge >= 0.3 is 5.63 Å². The summed E-state index contributed by atoms with van der Waals surface area (Å²) in [7, 11) is 0. The Morgan fingerprint density at radius 3 is 2.75 bits per heavy atom. The van der Waals surface area contributed by atoms with Crippen molar-refractivity contribution < 1.29 is 14.1 Å². The van der Waals surface area contributed by atoms with Crippen molar-refractivity contribution in [1.82, 2.24) is 4.98 Å². The first-order valence-corrected chi connectivity index (χ1v) is 9.28. The van der Waals surface area contributed by atoms with E-state index < -0.39 is 0 Å². The molecular formula is C23H19N2O3+. The maximum absolute atomic E-state index is 12.3. The van der Waals surface area contributed by atoms with E-state index in [2.05, 4.69) is 11.1 Å². The molecule has 1 aliphatic heterocycles. The zero-order valence-corrected chi connectivity index (χ0v) is 15.2. The van der Waals surface area contributed by atoms with E-state index in [4.69, 9.17) is 9.15 Å². The summed E-state index contributed by atoms with van der Waals surface area (Å²) in [6, 6.07) is 19.4. The zero-order chi connectivity index (χ0) is 18.9. The number of ether oxygens (including phenoxy) is 1. The minimum Gasteiger partial charge on any atom is -0.445 e. The highest BCUT2D eigenvalue weighted by Crippen LogP contribution is 2.33. The van der Waals surface area contributed by atoms with Crippen molar-refractivity contribution in [1.29, 1.82) is 0 Å². The van der Waals surface area contributed by atoms with Gasteiger partial charge in [0.1, 0.15) is 18.8 Å². The summed E-state index contributed by atoms with van der Waals surface area (Å²) in [6.07, 6.45) is 3.65. The number of nitrogens with one attached hydrogen (secondary N) is 1. The fraction of sp³-hybridized carbons (Fsp3) is 0.130. The molecule has 1 aliphatic rings. The third-order valence-electron chi connectivity index (χ3n) is 5.09. The monoisotopic (exact) mass is 371 g/mol. The normalized spacial score (nSPS) is 15.8. The Kier molecular flexibility index (Phi) is 4.14. The molecule has 1 N–H and O–H groups in total. The van der Waals surface area contributed by atoms with Crippen LogP contribution in [0.1, 0.15) is 11.1 Å². The van der Waals surface area contributed by atoms with Crippen LogP contribution < -0.4 is 15.3 Å². The molecule has 5 rings (SSSR count). The van der Waals surface area contributed by atoms with Crippen molar-refractivity contribution in [3.8, 4) is 16.9 Å². The van der Waals surface area contributed by atoms with Crippen molar-refractivity contribution >= 4 is 11.0 Å². The summed E-state index contributed by atoms with van der Waals surface area (Å²) >= 11 is 0. The van der Waals surface area contributed by atoms with Crippen molar-refractivity contribution in [2.45, 2.75) is 13.1 Å². The molecule has 0 saturated carbocycles. The van der Waals surface area contributed by atoms with Crippen LogP contribution in [-0.2, 0) is 13.1 Å². The van der Waals surface area contributed by atoms with Gasteiger partial charge in [-0.2, -0.15) is 0 Å². The summed E-state index contributed by atoms with van der Waals surface area (Å²) in [6.45, 7) is 2.09. The van der Waals surface area contributed by atoms with E-state index >= 15 is 0 Å². The third-order valence-corrected chi connectivity index (χ3v) is 5.09. The summed E-state index contributed by atoms with van der Waals surface area (Å²) in [4.78, 5) is 17.7. The quantitative estimate of drug-likeness (QED) is 0.563. The number of fused-ring (bicyclic) bond motifs is 3. The van der Waals surface area contributed by atoms with Crippen molar-refractivity contribution in [3.05, 3.63) is 94.6 Å². The predicted octanol–water partition coefficient (Wildman–Crippen LogP) is 2.79. The Hall–Kier alpha value is -3.44. The maximum atomic E-state index is 12.3. The van der Waals surface area contributed by atoms with Gasteiger partial charge in [0.25, 0.3) is 0 Å². The van der Waals surface area contributed by atoms with Crippen LogP contribution in [0.3, 0.4) is 0 Å². The molecule has 5 nitrogen and oxygen atoms in total. The van der Waals surface area contributed by atoms with E-state index in [1.807, 2.05) is 54.7 Å². The Bertz CT molecular complexity index is 1190.